The number of hydrogen-bond donors (Lipinski definition) is 2. The van der Waals surface area contributed by atoms with E-state index in [-0.39, 0.29) is 5.91 Å². The molecule has 0 aromatic heterocycles. The van der Waals surface area contributed by atoms with Gasteiger partial charge in [0, 0.05) is 18.7 Å². The standard InChI is InChI=1S/C14H22N2O/c1-4-15-9-10-16-14(17)13-7-5-12(6-8-13)11(2)3/h5-8,11,15H,4,9-10H2,1-3H3,(H,16,17). The predicted molar refractivity (Wildman–Crippen MR) is 71.4 cm³/mol. The van der Waals surface area contributed by atoms with E-state index < -0.39 is 0 Å². The monoisotopic (exact) mass is 234 g/mol. The lowest BCUT2D eigenvalue weighted by Crippen LogP contribution is -2.31. The minimum Gasteiger partial charge on any atom is -0.351 e. The maximum atomic E-state index is 11.8. The molecule has 0 bridgehead atoms. The first-order valence-corrected chi connectivity index (χ1v) is 6.24. The number of hydrogen-bond acceptors (Lipinski definition) is 2. The highest BCUT2D eigenvalue weighted by Gasteiger charge is 2.05. The summed E-state index contributed by atoms with van der Waals surface area (Å²) in [7, 11) is 0. The van der Waals surface area contributed by atoms with Gasteiger partial charge in [0.25, 0.3) is 5.91 Å². The Balaban J connectivity index is 2.46. The number of rotatable bonds is 6. The molecule has 1 aromatic rings. The molecule has 1 aromatic carbocycles. The molecule has 94 valence electrons. The quantitative estimate of drug-likeness (QED) is 0.740. The molecule has 17 heavy (non-hydrogen) atoms. The van der Waals surface area contributed by atoms with Crippen molar-refractivity contribution >= 4 is 5.91 Å². The normalized spacial score (nSPS) is 10.6. The maximum absolute atomic E-state index is 11.8. The first kappa shape index (κ1) is 13.7. The minimum absolute atomic E-state index is 0.00166. The van der Waals surface area contributed by atoms with Crippen LogP contribution in [0.3, 0.4) is 0 Å². The Labute approximate surface area is 104 Å². The third kappa shape index (κ3) is 4.57. The van der Waals surface area contributed by atoms with Crippen molar-refractivity contribution in [2.75, 3.05) is 19.6 Å². The van der Waals surface area contributed by atoms with Gasteiger partial charge in [-0.2, -0.15) is 0 Å². The molecular weight excluding hydrogens is 212 g/mol. The topological polar surface area (TPSA) is 41.1 Å². The SMILES string of the molecule is CCNCCNC(=O)c1ccc(C(C)C)cc1. The molecule has 0 fully saturated rings. The van der Waals surface area contributed by atoms with Crippen LogP contribution in [0, 0.1) is 0 Å². The lowest BCUT2D eigenvalue weighted by molar-refractivity contribution is 0.0954. The van der Waals surface area contributed by atoms with Gasteiger partial charge in [0.2, 0.25) is 0 Å². The zero-order valence-corrected chi connectivity index (χ0v) is 10.9. The van der Waals surface area contributed by atoms with Crippen molar-refractivity contribution in [1.29, 1.82) is 0 Å². The van der Waals surface area contributed by atoms with Crippen LogP contribution in [-0.2, 0) is 0 Å². The van der Waals surface area contributed by atoms with Crippen LogP contribution in [-0.4, -0.2) is 25.5 Å². The largest absolute Gasteiger partial charge is 0.351 e. The zero-order chi connectivity index (χ0) is 12.7. The molecule has 0 aliphatic carbocycles. The highest BCUT2D eigenvalue weighted by atomic mass is 16.1. The predicted octanol–water partition coefficient (Wildman–Crippen LogP) is 2.15. The smallest absolute Gasteiger partial charge is 0.251 e. The van der Waals surface area contributed by atoms with E-state index in [9.17, 15) is 4.79 Å². The molecule has 0 spiro atoms. The number of likely N-dealkylation sites (N-methyl/N-ethyl adjacent to an activating group) is 1. The molecule has 2 N–H and O–H groups in total. The van der Waals surface area contributed by atoms with Crippen molar-refractivity contribution in [3.8, 4) is 0 Å². The van der Waals surface area contributed by atoms with Gasteiger partial charge in [0.05, 0.1) is 0 Å². The summed E-state index contributed by atoms with van der Waals surface area (Å²) in [4.78, 5) is 11.8. The summed E-state index contributed by atoms with van der Waals surface area (Å²) in [5.74, 6) is 0.499. The van der Waals surface area contributed by atoms with E-state index in [4.69, 9.17) is 0 Å². The summed E-state index contributed by atoms with van der Waals surface area (Å²) in [6.45, 7) is 8.74. The summed E-state index contributed by atoms with van der Waals surface area (Å²) in [5, 5.41) is 6.05. The summed E-state index contributed by atoms with van der Waals surface area (Å²) >= 11 is 0. The van der Waals surface area contributed by atoms with E-state index in [1.807, 2.05) is 31.2 Å². The first-order valence-electron chi connectivity index (χ1n) is 6.24. The highest BCUT2D eigenvalue weighted by Crippen LogP contribution is 2.14. The molecule has 0 saturated heterocycles. The molecule has 3 heteroatoms. The lowest BCUT2D eigenvalue weighted by Gasteiger charge is -2.08. The van der Waals surface area contributed by atoms with E-state index in [0.29, 0.717) is 12.5 Å². The minimum atomic E-state index is -0.00166. The van der Waals surface area contributed by atoms with Crippen molar-refractivity contribution in [3.05, 3.63) is 35.4 Å². The number of nitrogens with one attached hydrogen (secondary N) is 2. The number of amides is 1. The average molecular weight is 234 g/mol. The zero-order valence-electron chi connectivity index (χ0n) is 10.9. The van der Waals surface area contributed by atoms with Gasteiger partial charge in [-0.25, -0.2) is 0 Å². The lowest BCUT2D eigenvalue weighted by atomic mass is 10.0. The van der Waals surface area contributed by atoms with E-state index in [1.165, 1.54) is 5.56 Å². The fourth-order valence-electron chi connectivity index (χ4n) is 1.56. The van der Waals surface area contributed by atoms with Crippen molar-refractivity contribution < 1.29 is 4.79 Å². The molecule has 1 rings (SSSR count). The molecule has 1 amide bonds. The average Bonchev–Trinajstić information content (AvgIpc) is 2.34. The van der Waals surface area contributed by atoms with Crippen molar-refractivity contribution in [1.82, 2.24) is 10.6 Å². The molecule has 0 aliphatic rings. The van der Waals surface area contributed by atoms with Gasteiger partial charge in [-0.05, 0) is 30.2 Å². The Morgan fingerprint density at radius 3 is 2.35 bits per heavy atom. The van der Waals surface area contributed by atoms with E-state index in [1.54, 1.807) is 0 Å². The first-order chi connectivity index (χ1) is 8.15. The van der Waals surface area contributed by atoms with Crippen molar-refractivity contribution in [2.45, 2.75) is 26.7 Å². The molecule has 0 atom stereocenters. The Bertz CT molecular complexity index is 344. The van der Waals surface area contributed by atoms with Crippen molar-refractivity contribution in [2.24, 2.45) is 0 Å². The van der Waals surface area contributed by atoms with Crippen LogP contribution in [0.1, 0.15) is 42.6 Å². The summed E-state index contributed by atoms with van der Waals surface area (Å²) in [5.41, 5.74) is 1.99. The summed E-state index contributed by atoms with van der Waals surface area (Å²) in [6, 6.07) is 7.81. The van der Waals surface area contributed by atoms with Gasteiger partial charge in [0.1, 0.15) is 0 Å². The molecule has 0 aliphatic heterocycles. The third-order valence-corrected chi connectivity index (χ3v) is 2.68. The third-order valence-electron chi connectivity index (χ3n) is 2.68. The second-order valence-corrected chi connectivity index (χ2v) is 4.39. The van der Waals surface area contributed by atoms with Crippen LogP contribution in [0.2, 0.25) is 0 Å². The Morgan fingerprint density at radius 2 is 1.82 bits per heavy atom. The van der Waals surface area contributed by atoms with Gasteiger partial charge in [-0.1, -0.05) is 32.9 Å². The van der Waals surface area contributed by atoms with E-state index in [0.717, 1.165) is 18.7 Å². The maximum Gasteiger partial charge on any atom is 0.251 e. The van der Waals surface area contributed by atoms with Gasteiger partial charge in [-0.3, -0.25) is 4.79 Å². The van der Waals surface area contributed by atoms with Crippen LogP contribution in [0.15, 0.2) is 24.3 Å². The summed E-state index contributed by atoms with van der Waals surface area (Å²) in [6.07, 6.45) is 0. The summed E-state index contributed by atoms with van der Waals surface area (Å²) < 4.78 is 0. The highest BCUT2D eigenvalue weighted by molar-refractivity contribution is 5.94. The second kappa shape index (κ2) is 7.07. The van der Waals surface area contributed by atoms with Crippen LogP contribution in [0.5, 0.6) is 0 Å². The van der Waals surface area contributed by atoms with Crippen LogP contribution in [0.25, 0.3) is 0 Å². The molecule has 0 heterocycles. The van der Waals surface area contributed by atoms with Crippen LogP contribution in [0.4, 0.5) is 0 Å². The molecule has 0 radical (unpaired) electrons. The Kier molecular flexibility index (Phi) is 5.70. The van der Waals surface area contributed by atoms with Crippen LogP contribution >= 0.6 is 0 Å². The number of carbonyl (C=O) groups is 1. The number of benzene rings is 1. The van der Waals surface area contributed by atoms with E-state index >= 15 is 0 Å². The van der Waals surface area contributed by atoms with Crippen LogP contribution < -0.4 is 10.6 Å². The Morgan fingerprint density at radius 1 is 1.18 bits per heavy atom. The van der Waals surface area contributed by atoms with Gasteiger partial charge < -0.3 is 10.6 Å². The Hall–Kier alpha value is -1.35. The van der Waals surface area contributed by atoms with Crippen molar-refractivity contribution in [3.63, 3.8) is 0 Å². The molecule has 0 saturated carbocycles. The number of carbonyl (C=O) groups excluding carboxylic acids is 1. The van der Waals surface area contributed by atoms with Gasteiger partial charge >= 0.3 is 0 Å². The van der Waals surface area contributed by atoms with Gasteiger partial charge in [0.15, 0.2) is 0 Å². The fraction of sp³-hybridized carbons (Fsp3) is 0.500. The second-order valence-electron chi connectivity index (χ2n) is 4.39. The molecular formula is C14H22N2O. The van der Waals surface area contributed by atoms with E-state index in [2.05, 4.69) is 24.5 Å². The van der Waals surface area contributed by atoms with Gasteiger partial charge in [-0.15, -0.1) is 0 Å². The molecule has 3 nitrogen and oxygen atoms in total. The fourth-order valence-corrected chi connectivity index (χ4v) is 1.56. The molecule has 0 unspecified atom stereocenters.